The molecule has 166 valence electrons. The molecule has 0 saturated carbocycles. The van der Waals surface area contributed by atoms with Crippen molar-refractivity contribution in [3.05, 3.63) is 57.9 Å². The van der Waals surface area contributed by atoms with Gasteiger partial charge in [0.05, 0.1) is 12.2 Å². The van der Waals surface area contributed by atoms with E-state index in [0.717, 1.165) is 31.7 Å². The van der Waals surface area contributed by atoms with E-state index >= 15 is 0 Å². The van der Waals surface area contributed by atoms with E-state index in [1.54, 1.807) is 32.9 Å². The molecule has 2 N–H and O–H groups in total. The van der Waals surface area contributed by atoms with Crippen molar-refractivity contribution >= 4 is 17.8 Å². The number of rotatable bonds is 6. The average Bonchev–Trinajstić information content (AvgIpc) is 3.06. The van der Waals surface area contributed by atoms with Gasteiger partial charge < -0.3 is 24.8 Å². The Morgan fingerprint density at radius 2 is 1.71 bits per heavy atom. The zero-order valence-electron chi connectivity index (χ0n) is 18.6. The summed E-state index contributed by atoms with van der Waals surface area (Å²) in [6.45, 7) is 9.02. The molecule has 1 aromatic carbocycles. The van der Waals surface area contributed by atoms with Gasteiger partial charge in [-0.2, -0.15) is 0 Å². The highest BCUT2D eigenvalue weighted by Gasteiger charge is 2.23. The third kappa shape index (κ3) is 5.14. The van der Waals surface area contributed by atoms with E-state index in [9.17, 15) is 14.4 Å². The van der Waals surface area contributed by atoms with Crippen molar-refractivity contribution in [2.45, 2.75) is 27.3 Å². The van der Waals surface area contributed by atoms with Crippen molar-refractivity contribution in [1.82, 2.24) is 20.1 Å². The number of carbonyl (C=O) groups excluding carboxylic acids is 3. The number of hydrogen-bond acceptors (Lipinski definition) is 5. The van der Waals surface area contributed by atoms with Gasteiger partial charge in [-0.25, -0.2) is 4.79 Å². The number of nitrogens with zero attached hydrogens (tertiary/aromatic N) is 2. The lowest BCUT2D eigenvalue weighted by Gasteiger charge is -2.32. The highest BCUT2D eigenvalue weighted by molar-refractivity contribution is 6.00. The number of likely N-dealkylation sites (N-methyl/N-ethyl adjacent to an activating group) is 1. The van der Waals surface area contributed by atoms with E-state index in [1.807, 2.05) is 17.0 Å². The zero-order valence-corrected chi connectivity index (χ0v) is 18.6. The number of H-pyrrole nitrogens is 1. The molecular weight excluding hydrogens is 396 g/mol. The van der Waals surface area contributed by atoms with Crippen LogP contribution in [0.3, 0.4) is 0 Å². The van der Waals surface area contributed by atoms with E-state index in [0.29, 0.717) is 34.6 Å². The molecule has 0 aliphatic carbocycles. The number of benzene rings is 1. The first-order valence-corrected chi connectivity index (χ1v) is 10.5. The summed E-state index contributed by atoms with van der Waals surface area (Å²) in [6.07, 6.45) is 0. The lowest BCUT2D eigenvalue weighted by Crippen LogP contribution is -2.47. The number of esters is 1. The molecule has 0 bridgehead atoms. The van der Waals surface area contributed by atoms with Gasteiger partial charge in [0.15, 0.2) is 0 Å². The maximum absolute atomic E-state index is 12.6. The Morgan fingerprint density at radius 1 is 1.06 bits per heavy atom. The number of hydrogen-bond donors (Lipinski definition) is 2. The first kappa shape index (κ1) is 22.6. The fraction of sp³-hybridized carbons (Fsp3) is 0.435. The molecule has 0 atom stereocenters. The quantitative estimate of drug-likeness (QED) is 0.690. The predicted octanol–water partition coefficient (Wildman–Crippen LogP) is 2.13. The molecule has 31 heavy (non-hydrogen) atoms. The molecule has 1 aliphatic heterocycles. The molecule has 2 amide bonds. The lowest BCUT2D eigenvalue weighted by molar-refractivity contribution is 0.0524. The van der Waals surface area contributed by atoms with Crippen LogP contribution >= 0.6 is 0 Å². The Labute approximate surface area is 182 Å². The van der Waals surface area contributed by atoms with Crippen LogP contribution < -0.4 is 5.32 Å². The van der Waals surface area contributed by atoms with Crippen LogP contribution in [-0.2, 0) is 11.3 Å². The number of amides is 2. The number of aromatic nitrogens is 1. The van der Waals surface area contributed by atoms with Gasteiger partial charge in [0.25, 0.3) is 11.8 Å². The summed E-state index contributed by atoms with van der Waals surface area (Å²) in [5.41, 5.74) is 3.46. The molecule has 0 spiro atoms. The van der Waals surface area contributed by atoms with E-state index < -0.39 is 5.97 Å². The highest BCUT2D eigenvalue weighted by Crippen LogP contribution is 2.19. The summed E-state index contributed by atoms with van der Waals surface area (Å²) < 4.78 is 5.07. The van der Waals surface area contributed by atoms with E-state index in [-0.39, 0.29) is 18.4 Å². The maximum Gasteiger partial charge on any atom is 0.340 e. The minimum absolute atomic E-state index is 0.0349. The van der Waals surface area contributed by atoms with Crippen LogP contribution in [-0.4, -0.2) is 72.4 Å². The number of nitrogens with one attached hydrogen (secondary N) is 2. The van der Waals surface area contributed by atoms with Crippen LogP contribution in [0.4, 0.5) is 0 Å². The van der Waals surface area contributed by atoms with Crippen molar-refractivity contribution in [2.75, 3.05) is 39.8 Å². The van der Waals surface area contributed by atoms with E-state index in [1.165, 1.54) is 0 Å². The SMILES string of the molecule is CCOC(=O)c1c(C)[nH]c(C(=O)NCc2ccc(C(=O)N3CCN(C)CC3)cc2)c1C. The summed E-state index contributed by atoms with van der Waals surface area (Å²) in [4.78, 5) is 44.4. The van der Waals surface area contributed by atoms with Gasteiger partial charge in [0.1, 0.15) is 5.69 Å². The smallest absolute Gasteiger partial charge is 0.340 e. The summed E-state index contributed by atoms with van der Waals surface area (Å²) in [6, 6.07) is 7.29. The Hall–Kier alpha value is -3.13. The molecule has 3 rings (SSSR count). The van der Waals surface area contributed by atoms with Gasteiger partial charge in [0.2, 0.25) is 0 Å². The molecule has 1 saturated heterocycles. The molecule has 2 aromatic rings. The van der Waals surface area contributed by atoms with Crippen LogP contribution in [0.25, 0.3) is 0 Å². The van der Waals surface area contributed by atoms with Gasteiger partial charge in [0, 0.05) is 44.0 Å². The van der Waals surface area contributed by atoms with Crippen molar-refractivity contribution < 1.29 is 19.1 Å². The summed E-state index contributed by atoms with van der Waals surface area (Å²) in [5, 5.41) is 2.86. The van der Waals surface area contributed by atoms with Crippen LogP contribution in [0.1, 0.15) is 54.9 Å². The minimum atomic E-state index is -0.437. The van der Waals surface area contributed by atoms with Crippen molar-refractivity contribution in [3.8, 4) is 0 Å². The normalized spacial score (nSPS) is 14.4. The monoisotopic (exact) mass is 426 g/mol. The minimum Gasteiger partial charge on any atom is -0.462 e. The van der Waals surface area contributed by atoms with Crippen molar-refractivity contribution in [1.29, 1.82) is 0 Å². The second-order valence-corrected chi connectivity index (χ2v) is 7.82. The number of piperazine rings is 1. The summed E-state index contributed by atoms with van der Waals surface area (Å²) >= 11 is 0. The Kier molecular flexibility index (Phi) is 7.12. The Bertz CT molecular complexity index is 957. The molecule has 1 aromatic heterocycles. The third-order valence-electron chi connectivity index (χ3n) is 5.59. The van der Waals surface area contributed by atoms with E-state index in [4.69, 9.17) is 4.74 Å². The second kappa shape index (κ2) is 9.78. The first-order valence-electron chi connectivity index (χ1n) is 10.5. The maximum atomic E-state index is 12.6. The van der Waals surface area contributed by atoms with Gasteiger partial charge in [-0.3, -0.25) is 9.59 Å². The summed E-state index contributed by atoms with van der Waals surface area (Å²) in [5.74, 6) is -0.699. The van der Waals surface area contributed by atoms with Gasteiger partial charge in [-0.15, -0.1) is 0 Å². The topological polar surface area (TPSA) is 94.7 Å². The van der Waals surface area contributed by atoms with Crippen molar-refractivity contribution in [2.24, 2.45) is 0 Å². The molecule has 2 heterocycles. The number of ether oxygens (including phenoxy) is 1. The van der Waals surface area contributed by atoms with E-state index in [2.05, 4.69) is 22.2 Å². The van der Waals surface area contributed by atoms with Gasteiger partial charge in [-0.05, 0) is 51.1 Å². The van der Waals surface area contributed by atoms with Crippen LogP contribution in [0, 0.1) is 13.8 Å². The Balaban J connectivity index is 1.60. The standard InChI is InChI=1S/C23H30N4O4/c1-5-31-23(30)19-15(2)20(25-16(19)3)21(28)24-14-17-6-8-18(9-7-17)22(29)27-12-10-26(4)11-13-27/h6-9,25H,5,10-14H2,1-4H3,(H,24,28). The van der Waals surface area contributed by atoms with Crippen LogP contribution in [0.5, 0.6) is 0 Å². The van der Waals surface area contributed by atoms with Gasteiger partial charge in [-0.1, -0.05) is 12.1 Å². The molecule has 1 fully saturated rings. The molecule has 0 radical (unpaired) electrons. The predicted molar refractivity (Wildman–Crippen MR) is 117 cm³/mol. The fourth-order valence-electron chi connectivity index (χ4n) is 3.71. The van der Waals surface area contributed by atoms with Crippen molar-refractivity contribution in [3.63, 3.8) is 0 Å². The molecule has 0 unspecified atom stereocenters. The first-order chi connectivity index (χ1) is 14.8. The highest BCUT2D eigenvalue weighted by atomic mass is 16.5. The number of aromatic amines is 1. The van der Waals surface area contributed by atoms with Crippen LogP contribution in [0.15, 0.2) is 24.3 Å². The summed E-state index contributed by atoms with van der Waals surface area (Å²) in [7, 11) is 2.05. The largest absolute Gasteiger partial charge is 0.462 e. The third-order valence-corrected chi connectivity index (χ3v) is 5.59. The number of carbonyl (C=O) groups is 3. The Morgan fingerprint density at radius 3 is 2.32 bits per heavy atom. The van der Waals surface area contributed by atoms with Gasteiger partial charge >= 0.3 is 5.97 Å². The number of aryl methyl sites for hydroxylation is 1. The lowest BCUT2D eigenvalue weighted by atomic mass is 10.1. The molecule has 8 nitrogen and oxygen atoms in total. The molecular formula is C23H30N4O4. The molecule has 1 aliphatic rings. The average molecular weight is 427 g/mol. The van der Waals surface area contributed by atoms with Crippen LogP contribution in [0.2, 0.25) is 0 Å². The fourth-order valence-corrected chi connectivity index (χ4v) is 3.71. The molecule has 8 heteroatoms. The second-order valence-electron chi connectivity index (χ2n) is 7.82. The zero-order chi connectivity index (χ0) is 22.5.